The number of hydrogen-bond acceptors (Lipinski definition) is 9. The van der Waals surface area contributed by atoms with Crippen molar-refractivity contribution in [3.05, 3.63) is 92.9 Å². The van der Waals surface area contributed by atoms with Crippen molar-refractivity contribution < 1.29 is 28.8 Å². The third-order valence-corrected chi connectivity index (χ3v) is 5.53. The van der Waals surface area contributed by atoms with E-state index >= 15 is 0 Å². The van der Waals surface area contributed by atoms with Gasteiger partial charge in [0.25, 0.3) is 5.91 Å². The number of aromatic carboxylic acids is 1. The monoisotopic (exact) mass is 521 g/mol. The van der Waals surface area contributed by atoms with Crippen molar-refractivity contribution in [3.63, 3.8) is 0 Å². The molecule has 14 heteroatoms. The minimum atomic E-state index is -1.15. The van der Waals surface area contributed by atoms with Gasteiger partial charge in [-0.25, -0.2) is 14.9 Å². The van der Waals surface area contributed by atoms with E-state index in [0.29, 0.717) is 28.6 Å². The number of benzene rings is 1. The fourth-order valence-electron chi connectivity index (χ4n) is 3.56. The number of nitrogens with zero attached hydrogens (tertiary/aromatic N) is 6. The van der Waals surface area contributed by atoms with Gasteiger partial charge in [0.2, 0.25) is 5.76 Å². The number of nitro groups is 1. The van der Waals surface area contributed by atoms with Crippen LogP contribution in [0.4, 0.5) is 5.69 Å². The third-order valence-electron chi connectivity index (χ3n) is 5.53. The normalized spacial score (nSPS) is 11.4. The molecule has 0 aliphatic heterocycles. The highest BCUT2D eigenvalue weighted by molar-refractivity contribution is 6.00. The van der Waals surface area contributed by atoms with Gasteiger partial charge in [-0.2, -0.15) is 15.3 Å². The largest absolute Gasteiger partial charge is 0.486 e. The zero-order valence-electron chi connectivity index (χ0n) is 20.6. The molecule has 0 aliphatic carbocycles. The number of furan rings is 1. The fraction of sp³-hybridized carbons (Fsp3) is 0.208. The highest BCUT2D eigenvalue weighted by atomic mass is 16.6. The molecule has 0 spiro atoms. The van der Waals surface area contributed by atoms with Crippen LogP contribution in [-0.4, -0.2) is 47.2 Å². The molecule has 2 N–H and O–H groups in total. The van der Waals surface area contributed by atoms with Gasteiger partial charge in [-0.05, 0) is 68.8 Å². The lowest BCUT2D eigenvalue weighted by molar-refractivity contribution is -0.386. The van der Waals surface area contributed by atoms with Crippen molar-refractivity contribution in [2.75, 3.05) is 0 Å². The van der Waals surface area contributed by atoms with E-state index in [-0.39, 0.29) is 30.4 Å². The molecule has 0 bridgehead atoms. The van der Waals surface area contributed by atoms with E-state index in [1.54, 1.807) is 51.2 Å². The van der Waals surface area contributed by atoms with Crippen molar-refractivity contribution >= 4 is 23.3 Å². The lowest BCUT2D eigenvalue weighted by Crippen LogP contribution is -2.20. The van der Waals surface area contributed by atoms with Crippen LogP contribution in [0.2, 0.25) is 0 Å². The van der Waals surface area contributed by atoms with Crippen molar-refractivity contribution in [2.45, 2.75) is 34.0 Å². The molecular weight excluding hydrogens is 498 g/mol. The highest BCUT2D eigenvalue weighted by Crippen LogP contribution is 2.21. The zero-order chi connectivity index (χ0) is 27.4. The van der Waals surface area contributed by atoms with Gasteiger partial charge in [-0.1, -0.05) is 0 Å². The lowest BCUT2D eigenvalue weighted by atomic mass is 10.1. The third kappa shape index (κ3) is 5.75. The van der Waals surface area contributed by atoms with E-state index in [9.17, 15) is 19.7 Å². The first kappa shape index (κ1) is 25.8. The number of aromatic nitrogens is 4. The Hall–Kier alpha value is -5.27. The molecule has 0 atom stereocenters. The molecule has 3 aromatic heterocycles. The minimum absolute atomic E-state index is 0.0496. The second-order valence-electron chi connectivity index (χ2n) is 8.18. The first-order valence-corrected chi connectivity index (χ1v) is 11.2. The van der Waals surface area contributed by atoms with Crippen LogP contribution in [0.25, 0.3) is 0 Å². The molecule has 0 saturated heterocycles. The molecule has 1 amide bonds. The maximum Gasteiger partial charge on any atom is 0.371 e. The number of ether oxygens (including phenoxy) is 1. The van der Waals surface area contributed by atoms with Crippen molar-refractivity contribution in [2.24, 2.45) is 5.10 Å². The SMILES string of the molecule is C/C(=N/NC(=O)c1ccn(Cn2nc(C)c([N+](=O)[O-])c2C)n1)c1ccc(OCc2ccc(C(=O)O)o2)cc1. The molecule has 0 unspecified atom stereocenters. The van der Waals surface area contributed by atoms with E-state index in [0.717, 1.165) is 5.56 Å². The summed E-state index contributed by atoms with van der Waals surface area (Å²) in [6.07, 6.45) is 1.57. The summed E-state index contributed by atoms with van der Waals surface area (Å²) in [7, 11) is 0. The molecule has 38 heavy (non-hydrogen) atoms. The minimum Gasteiger partial charge on any atom is -0.486 e. The number of amides is 1. The van der Waals surface area contributed by atoms with E-state index in [1.165, 1.54) is 27.6 Å². The number of carboxylic acids is 1. The number of aryl methyl sites for hydroxylation is 1. The Morgan fingerprint density at radius 1 is 1.16 bits per heavy atom. The average molecular weight is 521 g/mol. The van der Waals surface area contributed by atoms with Gasteiger partial charge in [0, 0.05) is 6.20 Å². The summed E-state index contributed by atoms with van der Waals surface area (Å²) in [5.41, 5.74) is 4.49. The van der Waals surface area contributed by atoms with Gasteiger partial charge in [-0.3, -0.25) is 19.6 Å². The van der Waals surface area contributed by atoms with Gasteiger partial charge < -0.3 is 14.3 Å². The molecule has 1 aromatic carbocycles. The van der Waals surface area contributed by atoms with E-state index in [2.05, 4.69) is 20.7 Å². The molecule has 4 rings (SSSR count). The molecule has 4 aromatic rings. The topological polar surface area (TPSA) is 180 Å². The van der Waals surface area contributed by atoms with E-state index in [1.807, 2.05) is 0 Å². The van der Waals surface area contributed by atoms with Crippen LogP contribution in [0.5, 0.6) is 5.75 Å². The van der Waals surface area contributed by atoms with E-state index in [4.69, 9.17) is 14.3 Å². The summed E-state index contributed by atoms with van der Waals surface area (Å²) < 4.78 is 13.6. The van der Waals surface area contributed by atoms with Crippen LogP contribution in [0.1, 0.15) is 50.7 Å². The number of nitrogens with one attached hydrogen (secondary N) is 1. The Balaban J connectivity index is 1.33. The van der Waals surface area contributed by atoms with Crippen LogP contribution in [0.15, 0.2) is 58.2 Å². The Bertz CT molecular complexity index is 1530. The predicted molar refractivity (Wildman–Crippen MR) is 132 cm³/mol. The summed E-state index contributed by atoms with van der Waals surface area (Å²) in [6, 6.07) is 11.3. The molecule has 0 radical (unpaired) electrons. The summed E-state index contributed by atoms with van der Waals surface area (Å²) in [5.74, 6) is -0.915. The van der Waals surface area contributed by atoms with Crippen LogP contribution < -0.4 is 10.2 Å². The standard InChI is InChI=1S/C24H23N7O7/c1-14(17-4-6-18(7-5-17)37-12-19-8-9-21(38-19)24(33)34)25-26-23(32)20-10-11-29(28-20)13-30-16(3)22(31(35)36)15(2)27-30/h4-11H,12-13H2,1-3H3,(H,26,32)(H,33,34)/b25-14-. The highest BCUT2D eigenvalue weighted by Gasteiger charge is 2.22. The van der Waals surface area contributed by atoms with Crippen molar-refractivity contribution in [3.8, 4) is 5.75 Å². The number of carbonyl (C=O) groups excluding carboxylic acids is 1. The summed E-state index contributed by atoms with van der Waals surface area (Å²) in [4.78, 5) is 34.1. The van der Waals surface area contributed by atoms with Crippen LogP contribution in [-0.2, 0) is 13.3 Å². The van der Waals surface area contributed by atoms with Gasteiger partial charge >= 0.3 is 11.7 Å². The Kier molecular flexibility index (Phi) is 7.32. The average Bonchev–Trinajstić information content (AvgIpc) is 3.61. The van der Waals surface area contributed by atoms with Crippen molar-refractivity contribution in [1.29, 1.82) is 0 Å². The van der Waals surface area contributed by atoms with Gasteiger partial charge in [0.1, 0.15) is 36.2 Å². The Labute approximate surface area is 215 Å². The van der Waals surface area contributed by atoms with Crippen LogP contribution in [0.3, 0.4) is 0 Å². The maximum atomic E-state index is 12.5. The van der Waals surface area contributed by atoms with Gasteiger partial charge in [0.05, 0.1) is 10.6 Å². The first-order valence-electron chi connectivity index (χ1n) is 11.2. The zero-order valence-corrected chi connectivity index (χ0v) is 20.6. The molecular formula is C24H23N7O7. The number of hydrazone groups is 1. The van der Waals surface area contributed by atoms with Crippen LogP contribution in [0, 0.1) is 24.0 Å². The molecule has 0 aliphatic rings. The lowest BCUT2D eigenvalue weighted by Gasteiger charge is -2.06. The summed E-state index contributed by atoms with van der Waals surface area (Å²) in [6.45, 7) is 5.05. The summed E-state index contributed by atoms with van der Waals surface area (Å²) in [5, 5.41) is 32.6. The first-order chi connectivity index (χ1) is 18.1. The fourth-order valence-corrected chi connectivity index (χ4v) is 3.56. The van der Waals surface area contributed by atoms with Gasteiger partial charge in [0.15, 0.2) is 5.69 Å². The van der Waals surface area contributed by atoms with E-state index < -0.39 is 16.8 Å². The number of carbonyl (C=O) groups is 2. The molecule has 196 valence electrons. The molecule has 3 heterocycles. The Morgan fingerprint density at radius 3 is 2.53 bits per heavy atom. The quantitative estimate of drug-likeness (QED) is 0.180. The van der Waals surface area contributed by atoms with Crippen molar-refractivity contribution in [1.82, 2.24) is 25.0 Å². The van der Waals surface area contributed by atoms with Crippen LogP contribution >= 0.6 is 0 Å². The smallest absolute Gasteiger partial charge is 0.371 e. The number of hydrogen-bond donors (Lipinski definition) is 2. The molecule has 14 nitrogen and oxygen atoms in total. The Morgan fingerprint density at radius 2 is 1.89 bits per heavy atom. The molecule has 0 fully saturated rings. The second-order valence-corrected chi connectivity index (χ2v) is 8.18. The maximum absolute atomic E-state index is 12.5. The predicted octanol–water partition coefficient (Wildman–Crippen LogP) is 3.13. The van der Waals surface area contributed by atoms with Gasteiger partial charge in [-0.15, -0.1) is 0 Å². The second kappa shape index (κ2) is 10.8. The summed E-state index contributed by atoms with van der Waals surface area (Å²) >= 11 is 0. The number of rotatable bonds is 10. The molecule has 0 saturated carbocycles. The number of carboxylic acid groups (broad SMARTS) is 1.